The van der Waals surface area contributed by atoms with Crippen LogP contribution in [-0.4, -0.2) is 53.1 Å². The third-order valence-electron chi connectivity index (χ3n) is 6.48. The van der Waals surface area contributed by atoms with E-state index in [9.17, 15) is 14.7 Å². The smallest absolute Gasteiger partial charge is 0.295 e. The molecule has 1 unspecified atom stereocenters. The van der Waals surface area contributed by atoms with Crippen LogP contribution in [0.25, 0.3) is 5.76 Å². The van der Waals surface area contributed by atoms with E-state index in [0.29, 0.717) is 60.6 Å². The van der Waals surface area contributed by atoms with Gasteiger partial charge in [0.15, 0.2) is 23.0 Å². The minimum absolute atomic E-state index is 0.0229. The Labute approximate surface area is 226 Å². The van der Waals surface area contributed by atoms with Gasteiger partial charge in [0.05, 0.1) is 24.8 Å². The summed E-state index contributed by atoms with van der Waals surface area (Å²) in [5.41, 5.74) is 1.67. The molecule has 3 aromatic rings. The second-order valence-electron chi connectivity index (χ2n) is 9.13. The van der Waals surface area contributed by atoms with Gasteiger partial charge in [0.1, 0.15) is 19.0 Å². The summed E-state index contributed by atoms with van der Waals surface area (Å²) < 4.78 is 23.0. The number of likely N-dealkylation sites (tertiary alicyclic amines) is 1. The SMILES string of the molecule is CCCOc1ccc(C2/C(=C(/O)c3ccc4c(c3)OCCO4)C(=O)C(=O)N2Cc2cccnc2)cc1OCC. The van der Waals surface area contributed by atoms with E-state index in [1.807, 2.05) is 19.9 Å². The van der Waals surface area contributed by atoms with E-state index in [1.165, 1.54) is 4.90 Å². The summed E-state index contributed by atoms with van der Waals surface area (Å²) in [4.78, 5) is 32.5. The van der Waals surface area contributed by atoms with E-state index in [1.54, 1.807) is 54.9 Å². The van der Waals surface area contributed by atoms with Crippen molar-refractivity contribution in [3.63, 3.8) is 0 Å². The van der Waals surface area contributed by atoms with Gasteiger partial charge >= 0.3 is 0 Å². The maximum atomic E-state index is 13.5. The van der Waals surface area contributed by atoms with Crippen molar-refractivity contribution >= 4 is 17.4 Å². The van der Waals surface area contributed by atoms with Gasteiger partial charge in [0.2, 0.25) is 0 Å². The van der Waals surface area contributed by atoms with Crippen molar-refractivity contribution in [2.24, 2.45) is 0 Å². The number of hydrogen-bond acceptors (Lipinski definition) is 8. The van der Waals surface area contributed by atoms with Crippen LogP contribution in [0, 0.1) is 0 Å². The largest absolute Gasteiger partial charge is 0.507 e. The molecule has 9 nitrogen and oxygen atoms in total. The Balaban J connectivity index is 1.63. The molecule has 0 radical (unpaired) electrons. The van der Waals surface area contributed by atoms with Gasteiger partial charge in [-0.2, -0.15) is 0 Å². The standard InChI is InChI=1S/C30H30N2O7/c1-3-12-37-22-9-7-20(15-24(22)36-4-2)27-26(28(33)21-8-10-23-25(16-21)39-14-13-38-23)29(34)30(35)32(27)18-19-6-5-11-31-17-19/h5-11,15-17,27,33H,3-4,12-14,18H2,1-2H3/b28-26-. The summed E-state index contributed by atoms with van der Waals surface area (Å²) in [6, 6.07) is 13.0. The van der Waals surface area contributed by atoms with Crippen LogP contribution in [-0.2, 0) is 16.1 Å². The van der Waals surface area contributed by atoms with E-state index < -0.39 is 17.7 Å². The fraction of sp³-hybridized carbons (Fsp3) is 0.300. The van der Waals surface area contributed by atoms with Crippen molar-refractivity contribution in [1.82, 2.24) is 9.88 Å². The lowest BCUT2D eigenvalue weighted by molar-refractivity contribution is -0.140. The number of aromatic nitrogens is 1. The summed E-state index contributed by atoms with van der Waals surface area (Å²) in [6.45, 7) is 5.73. The number of fused-ring (bicyclic) bond motifs is 1. The van der Waals surface area contributed by atoms with Crippen molar-refractivity contribution in [3.8, 4) is 23.0 Å². The lowest BCUT2D eigenvalue weighted by atomic mass is 9.94. The highest BCUT2D eigenvalue weighted by molar-refractivity contribution is 6.46. The molecule has 0 aliphatic carbocycles. The molecule has 2 aliphatic heterocycles. The van der Waals surface area contributed by atoms with Gasteiger partial charge in [-0.15, -0.1) is 0 Å². The first kappa shape index (κ1) is 26.1. The Morgan fingerprint density at radius 1 is 1.03 bits per heavy atom. The normalized spacial score (nSPS) is 17.8. The van der Waals surface area contributed by atoms with Crippen molar-refractivity contribution in [3.05, 3.63) is 83.2 Å². The molecule has 2 aliphatic rings. The van der Waals surface area contributed by atoms with Gasteiger partial charge < -0.3 is 29.0 Å². The number of ether oxygens (including phenoxy) is 4. The number of amides is 1. The molecule has 0 saturated carbocycles. The number of ketones is 1. The highest BCUT2D eigenvalue weighted by Crippen LogP contribution is 2.43. The maximum Gasteiger partial charge on any atom is 0.295 e. The molecule has 1 atom stereocenters. The number of benzene rings is 2. The molecule has 39 heavy (non-hydrogen) atoms. The lowest BCUT2D eigenvalue weighted by Crippen LogP contribution is -2.29. The molecule has 202 valence electrons. The Kier molecular flexibility index (Phi) is 7.67. The summed E-state index contributed by atoms with van der Waals surface area (Å²) in [6.07, 6.45) is 4.11. The Morgan fingerprint density at radius 3 is 2.59 bits per heavy atom. The topological polar surface area (TPSA) is 107 Å². The number of carbonyl (C=O) groups excluding carboxylic acids is 2. The molecule has 1 fully saturated rings. The number of carbonyl (C=O) groups is 2. The van der Waals surface area contributed by atoms with Gasteiger partial charge in [-0.3, -0.25) is 14.6 Å². The number of nitrogens with zero attached hydrogens (tertiary/aromatic N) is 2. The zero-order valence-electron chi connectivity index (χ0n) is 21.9. The average Bonchev–Trinajstić information content (AvgIpc) is 3.21. The summed E-state index contributed by atoms with van der Waals surface area (Å²) in [5, 5.41) is 11.5. The fourth-order valence-corrected chi connectivity index (χ4v) is 4.72. The monoisotopic (exact) mass is 530 g/mol. The highest BCUT2D eigenvalue weighted by atomic mass is 16.6. The van der Waals surface area contributed by atoms with E-state index in [0.717, 1.165) is 12.0 Å². The minimum Gasteiger partial charge on any atom is -0.507 e. The van der Waals surface area contributed by atoms with Crippen LogP contribution >= 0.6 is 0 Å². The van der Waals surface area contributed by atoms with Gasteiger partial charge in [-0.05, 0) is 60.9 Å². The van der Waals surface area contributed by atoms with Crippen LogP contribution in [0.1, 0.15) is 43.0 Å². The molecular formula is C30H30N2O7. The third kappa shape index (κ3) is 5.25. The fourth-order valence-electron chi connectivity index (χ4n) is 4.72. The molecule has 3 heterocycles. The number of aliphatic hydroxyl groups is 1. The molecule has 1 saturated heterocycles. The summed E-state index contributed by atoms with van der Waals surface area (Å²) in [5.74, 6) is 0.284. The second kappa shape index (κ2) is 11.5. The quantitative estimate of drug-likeness (QED) is 0.242. The molecule has 0 spiro atoms. The van der Waals surface area contributed by atoms with Crippen LogP contribution in [0.5, 0.6) is 23.0 Å². The molecule has 9 heteroatoms. The number of Topliss-reactive ketones (excluding diaryl/α,β-unsaturated/α-hetero) is 1. The van der Waals surface area contributed by atoms with Crippen molar-refractivity contribution in [2.75, 3.05) is 26.4 Å². The average molecular weight is 531 g/mol. The number of rotatable bonds is 9. The molecule has 2 aromatic carbocycles. The molecule has 5 rings (SSSR count). The molecule has 1 N–H and O–H groups in total. The van der Waals surface area contributed by atoms with E-state index >= 15 is 0 Å². The Bertz CT molecular complexity index is 1400. The van der Waals surface area contributed by atoms with E-state index in [-0.39, 0.29) is 17.9 Å². The maximum absolute atomic E-state index is 13.5. The summed E-state index contributed by atoms with van der Waals surface area (Å²) in [7, 11) is 0. The number of aliphatic hydroxyl groups excluding tert-OH is 1. The van der Waals surface area contributed by atoms with Crippen LogP contribution in [0.3, 0.4) is 0 Å². The predicted octanol–water partition coefficient (Wildman–Crippen LogP) is 4.66. The lowest BCUT2D eigenvalue weighted by Gasteiger charge is -2.26. The first-order valence-corrected chi connectivity index (χ1v) is 13.0. The first-order chi connectivity index (χ1) is 19.0. The Hall–Kier alpha value is -4.53. The molecule has 1 amide bonds. The second-order valence-corrected chi connectivity index (χ2v) is 9.13. The van der Waals surface area contributed by atoms with E-state index in [4.69, 9.17) is 18.9 Å². The van der Waals surface area contributed by atoms with Gasteiger partial charge in [0, 0.05) is 24.5 Å². The summed E-state index contributed by atoms with van der Waals surface area (Å²) >= 11 is 0. The van der Waals surface area contributed by atoms with Gasteiger partial charge in [0.25, 0.3) is 11.7 Å². The zero-order chi connectivity index (χ0) is 27.4. The first-order valence-electron chi connectivity index (χ1n) is 13.0. The number of hydrogen-bond donors (Lipinski definition) is 1. The van der Waals surface area contributed by atoms with Crippen LogP contribution in [0.2, 0.25) is 0 Å². The minimum atomic E-state index is -0.877. The Morgan fingerprint density at radius 2 is 1.85 bits per heavy atom. The third-order valence-corrected chi connectivity index (χ3v) is 6.48. The number of pyridine rings is 1. The molecule has 0 bridgehead atoms. The molecule has 1 aromatic heterocycles. The van der Waals surface area contributed by atoms with Crippen molar-refractivity contribution in [1.29, 1.82) is 0 Å². The van der Waals surface area contributed by atoms with Crippen LogP contribution in [0.4, 0.5) is 0 Å². The van der Waals surface area contributed by atoms with Crippen molar-refractivity contribution in [2.45, 2.75) is 32.9 Å². The highest BCUT2D eigenvalue weighted by Gasteiger charge is 2.46. The molecular weight excluding hydrogens is 500 g/mol. The van der Waals surface area contributed by atoms with Crippen molar-refractivity contribution < 1.29 is 33.6 Å². The predicted molar refractivity (Wildman–Crippen MR) is 143 cm³/mol. The van der Waals surface area contributed by atoms with Crippen LogP contribution < -0.4 is 18.9 Å². The van der Waals surface area contributed by atoms with Crippen LogP contribution in [0.15, 0.2) is 66.5 Å². The van der Waals surface area contributed by atoms with Gasteiger partial charge in [-0.1, -0.05) is 19.1 Å². The zero-order valence-corrected chi connectivity index (χ0v) is 21.9. The van der Waals surface area contributed by atoms with Gasteiger partial charge in [-0.25, -0.2) is 0 Å². The van der Waals surface area contributed by atoms with E-state index in [2.05, 4.69) is 4.98 Å².